The van der Waals surface area contributed by atoms with Crippen LogP contribution in [0.4, 0.5) is 0 Å². The molecule has 0 rings (SSSR count). The van der Waals surface area contributed by atoms with Gasteiger partial charge in [-0.3, -0.25) is 0 Å². The Kier molecular flexibility index (Phi) is 3.03. The predicted octanol–water partition coefficient (Wildman–Crippen LogP) is 1.27. The molecule has 0 bridgehead atoms. The van der Waals surface area contributed by atoms with E-state index < -0.39 is 0 Å². The fourth-order valence-corrected chi connectivity index (χ4v) is 0.219. The maximum atomic E-state index is 6.42. The molecule has 3 nitrogen and oxygen atoms in total. The van der Waals surface area contributed by atoms with Crippen molar-refractivity contribution in [1.29, 1.82) is 5.53 Å². The summed E-state index contributed by atoms with van der Waals surface area (Å²) in [6.07, 6.45) is 1.45. The summed E-state index contributed by atoms with van der Waals surface area (Å²) in [4.78, 5) is 0. The van der Waals surface area contributed by atoms with E-state index in [2.05, 4.69) is 5.11 Å². The van der Waals surface area contributed by atoms with Crippen LogP contribution in [0.2, 0.25) is 0 Å². The van der Waals surface area contributed by atoms with Gasteiger partial charge in [0, 0.05) is 12.2 Å². The highest BCUT2D eigenvalue weighted by Gasteiger charge is 1.92. The predicted molar refractivity (Wildman–Crippen MR) is 32.6 cm³/mol. The van der Waals surface area contributed by atoms with E-state index in [4.69, 9.17) is 11.3 Å². The molecule has 0 fully saturated rings. The summed E-state index contributed by atoms with van der Waals surface area (Å²) in [6.45, 7) is 3.71. The lowest BCUT2D eigenvalue weighted by Crippen LogP contribution is -2.15. The zero-order chi connectivity index (χ0) is 6.57. The highest BCUT2D eigenvalue weighted by molar-refractivity contribution is 5.02. The summed E-state index contributed by atoms with van der Waals surface area (Å²) in [6, 6.07) is 0.0177. The first-order chi connectivity index (χ1) is 3.68. The van der Waals surface area contributed by atoms with Crippen molar-refractivity contribution in [2.75, 3.05) is 0 Å². The molecule has 0 aromatic heterocycles. The topological polar surface area (TPSA) is 62.2 Å². The first-order valence-electron chi connectivity index (χ1n) is 2.47. The average molecular weight is 113 g/mol. The number of rotatable bonds is 2. The Bertz CT molecular complexity index is 104. The highest BCUT2D eigenvalue weighted by atomic mass is 14.9. The van der Waals surface area contributed by atoms with E-state index in [1.54, 1.807) is 0 Å². The van der Waals surface area contributed by atoms with Gasteiger partial charge in [-0.15, -0.1) is 0 Å². The summed E-state index contributed by atoms with van der Waals surface area (Å²) >= 11 is 0. The van der Waals surface area contributed by atoms with Crippen molar-refractivity contribution in [1.82, 2.24) is 0 Å². The van der Waals surface area contributed by atoms with Gasteiger partial charge in [0.25, 0.3) is 0 Å². The van der Waals surface area contributed by atoms with Gasteiger partial charge in [-0.25, -0.2) is 5.53 Å². The fraction of sp³-hybridized carbons (Fsp3) is 0.600. The molecule has 0 saturated heterocycles. The third kappa shape index (κ3) is 2.47. The Morgan fingerprint density at radius 2 is 2.38 bits per heavy atom. The van der Waals surface area contributed by atoms with Gasteiger partial charge in [0.05, 0.1) is 0 Å². The van der Waals surface area contributed by atoms with Crippen LogP contribution in [0.5, 0.6) is 0 Å². The molecule has 0 aliphatic heterocycles. The van der Waals surface area contributed by atoms with Crippen molar-refractivity contribution in [2.45, 2.75) is 19.9 Å². The quantitative estimate of drug-likeness (QED) is 0.520. The van der Waals surface area contributed by atoms with Crippen LogP contribution in [-0.2, 0) is 0 Å². The Balaban J connectivity index is 3.78. The van der Waals surface area contributed by atoms with Gasteiger partial charge < -0.3 is 5.73 Å². The number of nitrogens with one attached hydrogen (secondary N) is 1. The van der Waals surface area contributed by atoms with Gasteiger partial charge in [0.1, 0.15) is 0 Å². The first kappa shape index (κ1) is 7.30. The Morgan fingerprint density at radius 3 is 2.50 bits per heavy atom. The number of nitrogens with two attached hydrogens (primary N) is 1. The lowest BCUT2D eigenvalue weighted by atomic mass is 10.2. The van der Waals surface area contributed by atoms with E-state index in [-0.39, 0.29) is 6.04 Å². The van der Waals surface area contributed by atoms with Crippen LogP contribution < -0.4 is 5.73 Å². The lowest BCUT2D eigenvalue weighted by Gasteiger charge is -2.00. The normalized spacial score (nSPS) is 15.6. The third-order valence-electron chi connectivity index (χ3n) is 0.986. The molecular weight excluding hydrogens is 102 g/mol. The third-order valence-corrected chi connectivity index (χ3v) is 0.986. The zero-order valence-corrected chi connectivity index (χ0v) is 5.18. The standard InChI is InChI=1S/C5H11N3/c1-4(3-8-7)5(2)6/h3,5,7H,6H2,1-2H3/b4-3+,8-7?. The molecule has 0 aliphatic rings. The molecule has 0 aromatic carbocycles. The van der Waals surface area contributed by atoms with Crippen LogP contribution >= 0.6 is 0 Å². The number of hydrogen-bond acceptors (Lipinski definition) is 3. The van der Waals surface area contributed by atoms with Crippen molar-refractivity contribution in [3.63, 3.8) is 0 Å². The van der Waals surface area contributed by atoms with E-state index in [9.17, 15) is 0 Å². The largest absolute Gasteiger partial charge is 0.324 e. The van der Waals surface area contributed by atoms with Crippen LogP contribution in [0.3, 0.4) is 0 Å². The molecule has 0 aliphatic carbocycles. The molecule has 0 heterocycles. The van der Waals surface area contributed by atoms with Crippen LogP contribution in [-0.4, -0.2) is 6.04 Å². The van der Waals surface area contributed by atoms with Crippen molar-refractivity contribution in [3.8, 4) is 0 Å². The van der Waals surface area contributed by atoms with Gasteiger partial charge in [0.2, 0.25) is 0 Å². The van der Waals surface area contributed by atoms with Crippen molar-refractivity contribution >= 4 is 0 Å². The summed E-state index contributed by atoms with van der Waals surface area (Å²) in [5.74, 6) is 0. The number of nitrogens with zero attached hydrogens (tertiary/aromatic N) is 1. The Morgan fingerprint density at radius 1 is 1.88 bits per heavy atom. The monoisotopic (exact) mass is 113 g/mol. The maximum absolute atomic E-state index is 6.42. The van der Waals surface area contributed by atoms with E-state index in [0.717, 1.165) is 5.57 Å². The maximum Gasteiger partial charge on any atom is 0.0493 e. The van der Waals surface area contributed by atoms with Gasteiger partial charge >= 0.3 is 0 Å². The first-order valence-corrected chi connectivity index (χ1v) is 2.47. The van der Waals surface area contributed by atoms with Gasteiger partial charge in [-0.2, -0.15) is 5.11 Å². The molecule has 46 valence electrons. The zero-order valence-electron chi connectivity index (χ0n) is 5.18. The van der Waals surface area contributed by atoms with Crippen LogP contribution in [0.1, 0.15) is 13.8 Å². The SMILES string of the molecule is C/C(=C\N=N)C(C)N. The second-order valence-corrected chi connectivity index (χ2v) is 1.79. The summed E-state index contributed by atoms with van der Waals surface area (Å²) in [7, 11) is 0. The molecular formula is C5H11N3. The summed E-state index contributed by atoms with van der Waals surface area (Å²) < 4.78 is 0. The van der Waals surface area contributed by atoms with Gasteiger partial charge in [-0.05, 0) is 19.4 Å². The minimum atomic E-state index is 0.0177. The molecule has 0 aromatic rings. The van der Waals surface area contributed by atoms with Crippen molar-refractivity contribution in [2.24, 2.45) is 10.8 Å². The van der Waals surface area contributed by atoms with Crippen LogP contribution in [0.15, 0.2) is 16.9 Å². The van der Waals surface area contributed by atoms with Crippen molar-refractivity contribution < 1.29 is 0 Å². The van der Waals surface area contributed by atoms with E-state index in [1.165, 1.54) is 6.20 Å². The number of hydrogen-bond donors (Lipinski definition) is 2. The van der Waals surface area contributed by atoms with Gasteiger partial charge in [-0.1, -0.05) is 0 Å². The fourth-order valence-electron chi connectivity index (χ4n) is 0.219. The Labute approximate surface area is 49.1 Å². The lowest BCUT2D eigenvalue weighted by molar-refractivity contribution is 0.851. The van der Waals surface area contributed by atoms with E-state index in [1.807, 2.05) is 13.8 Å². The summed E-state index contributed by atoms with van der Waals surface area (Å²) in [5.41, 5.74) is 12.8. The molecule has 1 atom stereocenters. The smallest absolute Gasteiger partial charge is 0.0493 e. The summed E-state index contributed by atoms with van der Waals surface area (Å²) in [5, 5.41) is 3.06. The molecule has 8 heavy (non-hydrogen) atoms. The minimum absolute atomic E-state index is 0.0177. The molecule has 0 amide bonds. The van der Waals surface area contributed by atoms with Crippen molar-refractivity contribution in [3.05, 3.63) is 11.8 Å². The molecule has 3 N–H and O–H groups in total. The second-order valence-electron chi connectivity index (χ2n) is 1.79. The van der Waals surface area contributed by atoms with E-state index in [0.29, 0.717) is 0 Å². The van der Waals surface area contributed by atoms with Gasteiger partial charge in [0.15, 0.2) is 0 Å². The molecule has 3 heteroatoms. The molecule has 1 unspecified atom stereocenters. The molecule has 0 spiro atoms. The highest BCUT2D eigenvalue weighted by Crippen LogP contribution is 1.95. The van der Waals surface area contributed by atoms with Crippen LogP contribution in [0, 0.1) is 5.53 Å². The molecule has 0 saturated carbocycles. The molecule has 0 radical (unpaired) electrons. The Hall–Kier alpha value is -0.700. The second kappa shape index (κ2) is 3.32. The van der Waals surface area contributed by atoms with E-state index >= 15 is 0 Å². The van der Waals surface area contributed by atoms with Crippen LogP contribution in [0.25, 0.3) is 0 Å². The average Bonchev–Trinajstić information content (AvgIpc) is 1.67. The minimum Gasteiger partial charge on any atom is -0.324 e.